The minimum Gasteiger partial charge on any atom is -0.495 e. The molecule has 0 bridgehead atoms. The smallest absolute Gasteiger partial charge is 0.266 e. The fraction of sp³-hybridized carbons (Fsp3) is 0.316. The van der Waals surface area contributed by atoms with E-state index in [0.29, 0.717) is 49.5 Å². The molecule has 7 nitrogen and oxygen atoms in total. The van der Waals surface area contributed by atoms with Gasteiger partial charge >= 0.3 is 0 Å². The summed E-state index contributed by atoms with van der Waals surface area (Å²) < 4.78 is 5.31. The highest BCUT2D eigenvalue weighted by atomic mass is 35.5. The van der Waals surface area contributed by atoms with Crippen LogP contribution >= 0.6 is 22.9 Å². The number of H-pyrrole nitrogens is 1. The zero-order valence-corrected chi connectivity index (χ0v) is 17.8. The first-order chi connectivity index (χ1) is 13.2. The molecule has 0 fully saturated rings. The maximum absolute atomic E-state index is 12.9. The quantitative estimate of drug-likeness (QED) is 0.658. The normalized spacial score (nSPS) is 11.2. The molecule has 0 unspecified atom stereocenters. The number of fused-ring (bicyclic) bond motifs is 1. The molecule has 0 aliphatic heterocycles. The Kier molecular flexibility index (Phi) is 5.74. The van der Waals surface area contributed by atoms with Crippen molar-refractivity contribution in [3.05, 3.63) is 49.3 Å². The molecule has 0 aliphatic carbocycles. The summed E-state index contributed by atoms with van der Waals surface area (Å²) in [7, 11) is 5.30. The number of aryl methyl sites for hydroxylation is 2. The summed E-state index contributed by atoms with van der Waals surface area (Å²) in [5, 5.41) is 3.85. The van der Waals surface area contributed by atoms with Crippen LogP contribution in [0.1, 0.15) is 26.6 Å². The number of nitrogens with one attached hydrogen (secondary N) is 2. The molecule has 0 spiro atoms. The van der Waals surface area contributed by atoms with Crippen LogP contribution in [0.25, 0.3) is 10.2 Å². The average Bonchev–Trinajstić information content (AvgIpc) is 2.94. The van der Waals surface area contributed by atoms with Crippen molar-refractivity contribution >= 4 is 44.7 Å². The summed E-state index contributed by atoms with van der Waals surface area (Å²) in [6.07, 6.45) is 0. The molecule has 2 aromatic heterocycles. The third-order valence-electron chi connectivity index (χ3n) is 4.25. The molecule has 0 saturated carbocycles. The standard InChI is InChI=1S/C19H21ClN4O3S/c1-9-6-12(13(27-5)7-11(9)20)21-18(26)16-10(2)15-17(25)22-14(8-24(3)4)23-19(15)28-16/h6-7H,8H2,1-5H3,(H,21,26)(H,22,23,25). The number of hydrogen-bond donors (Lipinski definition) is 2. The summed E-state index contributed by atoms with van der Waals surface area (Å²) in [6.45, 7) is 4.10. The van der Waals surface area contributed by atoms with E-state index in [1.807, 2.05) is 25.9 Å². The van der Waals surface area contributed by atoms with E-state index in [0.717, 1.165) is 5.56 Å². The summed E-state index contributed by atoms with van der Waals surface area (Å²) >= 11 is 7.32. The molecule has 1 amide bonds. The number of thiophene rings is 1. The SMILES string of the molecule is COc1cc(Cl)c(C)cc1NC(=O)c1sc2nc(CN(C)C)[nH]c(=O)c2c1C. The second kappa shape index (κ2) is 7.90. The number of benzene rings is 1. The van der Waals surface area contributed by atoms with Crippen LogP contribution in [0.5, 0.6) is 5.75 Å². The van der Waals surface area contributed by atoms with Gasteiger partial charge in [0.25, 0.3) is 11.5 Å². The van der Waals surface area contributed by atoms with E-state index in [1.165, 1.54) is 18.4 Å². The van der Waals surface area contributed by atoms with E-state index in [1.54, 1.807) is 19.1 Å². The zero-order chi connectivity index (χ0) is 20.6. The van der Waals surface area contributed by atoms with Crippen LogP contribution in [0, 0.1) is 13.8 Å². The number of nitrogens with zero attached hydrogens (tertiary/aromatic N) is 2. The molecule has 1 aromatic carbocycles. The summed E-state index contributed by atoms with van der Waals surface area (Å²) in [5.74, 6) is 0.701. The van der Waals surface area contributed by atoms with Crippen molar-refractivity contribution in [2.45, 2.75) is 20.4 Å². The molecule has 0 atom stereocenters. The van der Waals surface area contributed by atoms with Gasteiger partial charge in [-0.1, -0.05) is 11.6 Å². The first-order valence-corrected chi connectivity index (χ1v) is 9.73. The lowest BCUT2D eigenvalue weighted by atomic mass is 10.2. The maximum Gasteiger partial charge on any atom is 0.266 e. The lowest BCUT2D eigenvalue weighted by Gasteiger charge is -2.12. The predicted molar refractivity (Wildman–Crippen MR) is 113 cm³/mol. The number of aromatic nitrogens is 2. The predicted octanol–water partition coefficient (Wildman–Crippen LogP) is 3.58. The van der Waals surface area contributed by atoms with Gasteiger partial charge in [-0.25, -0.2) is 4.98 Å². The number of halogens is 1. The van der Waals surface area contributed by atoms with Gasteiger partial charge in [0.05, 0.1) is 29.6 Å². The second-order valence-electron chi connectivity index (χ2n) is 6.74. The number of aromatic amines is 1. The Hall–Kier alpha value is -2.42. The van der Waals surface area contributed by atoms with Crippen LogP contribution in [-0.4, -0.2) is 42.0 Å². The number of rotatable bonds is 5. The number of carbonyl (C=O) groups is 1. The zero-order valence-electron chi connectivity index (χ0n) is 16.3. The van der Waals surface area contributed by atoms with E-state index in [-0.39, 0.29) is 11.5 Å². The molecule has 0 aliphatic rings. The van der Waals surface area contributed by atoms with Crippen molar-refractivity contribution < 1.29 is 9.53 Å². The number of methoxy groups -OCH3 is 1. The van der Waals surface area contributed by atoms with Crippen molar-refractivity contribution in [1.29, 1.82) is 0 Å². The van der Waals surface area contributed by atoms with Crippen molar-refractivity contribution in [1.82, 2.24) is 14.9 Å². The monoisotopic (exact) mass is 420 g/mol. The molecule has 0 saturated heterocycles. The number of amides is 1. The molecule has 2 N–H and O–H groups in total. The van der Waals surface area contributed by atoms with Gasteiger partial charge in [-0.2, -0.15) is 0 Å². The van der Waals surface area contributed by atoms with Crippen LogP contribution in [-0.2, 0) is 6.54 Å². The number of ether oxygens (including phenoxy) is 1. The van der Waals surface area contributed by atoms with Gasteiger partial charge < -0.3 is 19.9 Å². The van der Waals surface area contributed by atoms with Crippen LogP contribution < -0.4 is 15.6 Å². The van der Waals surface area contributed by atoms with Gasteiger partial charge in [0.1, 0.15) is 16.4 Å². The van der Waals surface area contributed by atoms with Crippen molar-refractivity contribution in [2.75, 3.05) is 26.5 Å². The Labute approximate surface area is 171 Å². The van der Waals surface area contributed by atoms with Crippen LogP contribution in [0.2, 0.25) is 5.02 Å². The highest BCUT2D eigenvalue weighted by molar-refractivity contribution is 7.20. The molecule has 9 heteroatoms. The highest BCUT2D eigenvalue weighted by Gasteiger charge is 2.21. The Morgan fingerprint density at radius 3 is 2.71 bits per heavy atom. The average molecular weight is 421 g/mol. The van der Waals surface area contributed by atoms with Gasteiger partial charge in [-0.05, 0) is 45.1 Å². The van der Waals surface area contributed by atoms with E-state index in [9.17, 15) is 9.59 Å². The minimum absolute atomic E-state index is 0.241. The minimum atomic E-state index is -0.325. The topological polar surface area (TPSA) is 87.3 Å². The van der Waals surface area contributed by atoms with Crippen molar-refractivity contribution in [2.24, 2.45) is 0 Å². The molecular formula is C19H21ClN4O3S. The lowest BCUT2D eigenvalue weighted by Crippen LogP contribution is -2.18. The van der Waals surface area contributed by atoms with Crippen molar-refractivity contribution in [3.8, 4) is 5.75 Å². The van der Waals surface area contributed by atoms with Crippen molar-refractivity contribution in [3.63, 3.8) is 0 Å². The Morgan fingerprint density at radius 1 is 1.36 bits per heavy atom. The molecule has 28 heavy (non-hydrogen) atoms. The van der Waals surface area contributed by atoms with Gasteiger partial charge in [0.2, 0.25) is 0 Å². The fourth-order valence-corrected chi connectivity index (χ4v) is 4.14. The van der Waals surface area contributed by atoms with E-state index in [2.05, 4.69) is 15.3 Å². The Balaban J connectivity index is 2.01. The van der Waals surface area contributed by atoms with E-state index in [4.69, 9.17) is 16.3 Å². The largest absolute Gasteiger partial charge is 0.495 e. The van der Waals surface area contributed by atoms with Crippen LogP contribution in [0.3, 0.4) is 0 Å². The Morgan fingerprint density at radius 2 is 2.07 bits per heavy atom. The second-order valence-corrected chi connectivity index (χ2v) is 8.15. The van der Waals surface area contributed by atoms with E-state index < -0.39 is 0 Å². The molecule has 0 radical (unpaired) electrons. The number of anilines is 1. The molecule has 3 rings (SSSR count). The number of hydrogen-bond acceptors (Lipinski definition) is 6. The highest BCUT2D eigenvalue weighted by Crippen LogP contribution is 2.33. The first kappa shape index (κ1) is 20.3. The summed E-state index contributed by atoms with van der Waals surface area (Å²) in [6, 6.07) is 3.41. The van der Waals surface area contributed by atoms with E-state index >= 15 is 0 Å². The van der Waals surface area contributed by atoms with Gasteiger partial charge in [0, 0.05) is 11.1 Å². The summed E-state index contributed by atoms with van der Waals surface area (Å²) in [4.78, 5) is 35.6. The molecule has 3 aromatic rings. The van der Waals surface area contributed by atoms with Crippen LogP contribution in [0.15, 0.2) is 16.9 Å². The van der Waals surface area contributed by atoms with Crippen LogP contribution in [0.4, 0.5) is 5.69 Å². The van der Waals surface area contributed by atoms with Gasteiger partial charge in [0.15, 0.2) is 0 Å². The first-order valence-electron chi connectivity index (χ1n) is 8.53. The third-order valence-corrected chi connectivity index (χ3v) is 5.84. The Bertz CT molecular complexity index is 1120. The molecule has 148 valence electrons. The van der Waals surface area contributed by atoms with Gasteiger partial charge in [-0.3, -0.25) is 9.59 Å². The summed E-state index contributed by atoms with van der Waals surface area (Å²) in [5.41, 5.74) is 1.69. The molecule has 2 heterocycles. The third kappa shape index (κ3) is 3.89. The molecular weight excluding hydrogens is 400 g/mol. The lowest BCUT2D eigenvalue weighted by molar-refractivity contribution is 0.102. The maximum atomic E-state index is 12.9. The number of carbonyl (C=O) groups excluding carboxylic acids is 1. The van der Waals surface area contributed by atoms with Gasteiger partial charge in [-0.15, -0.1) is 11.3 Å². The fourth-order valence-electron chi connectivity index (χ4n) is 2.89.